The van der Waals surface area contributed by atoms with E-state index in [2.05, 4.69) is 39.3 Å². The Morgan fingerprint density at radius 1 is 1.19 bits per heavy atom. The van der Waals surface area contributed by atoms with Crippen LogP contribution < -0.4 is 37.2 Å². The van der Waals surface area contributed by atoms with Gasteiger partial charge in [0.25, 0.3) is 0 Å². The van der Waals surface area contributed by atoms with Crippen LogP contribution in [0.2, 0.25) is 0 Å². The molecule has 1 aliphatic carbocycles. The van der Waals surface area contributed by atoms with E-state index in [0.717, 1.165) is 6.42 Å². The molecule has 0 amide bonds. The molecule has 0 aliphatic heterocycles. The van der Waals surface area contributed by atoms with Gasteiger partial charge in [0.2, 0.25) is 0 Å². The Labute approximate surface area is 133 Å². The first kappa shape index (κ1) is 30.4. The van der Waals surface area contributed by atoms with Crippen LogP contribution in [0.5, 0.6) is 0 Å². The molecule has 0 unspecified atom stereocenters. The predicted octanol–water partition coefficient (Wildman–Crippen LogP) is -5.34. The summed E-state index contributed by atoms with van der Waals surface area (Å²) in [5, 5.41) is 0. The van der Waals surface area contributed by atoms with Gasteiger partial charge in [-0.1, -0.05) is 0 Å². The van der Waals surface area contributed by atoms with Crippen molar-refractivity contribution < 1.29 is 55.8 Å². The molecule has 0 spiro atoms. The van der Waals surface area contributed by atoms with Crippen LogP contribution >= 0.6 is 7.92 Å². The Hall–Kier alpha value is 1.36. The number of halogens is 3. The second kappa shape index (κ2) is 21.6. The van der Waals surface area contributed by atoms with E-state index in [0.29, 0.717) is 7.92 Å². The fourth-order valence-corrected chi connectivity index (χ4v) is 2.24. The summed E-state index contributed by atoms with van der Waals surface area (Å²) in [5.74, 6) is 1.57. The molecule has 0 saturated carbocycles. The zero-order valence-electron chi connectivity index (χ0n) is 10.2. The molecular formula is C11H19Cl3PV-5. The summed E-state index contributed by atoms with van der Waals surface area (Å²) in [6, 6.07) is 0. The SMILES string of the molecule is C[C-](C)CP(C)C.[C-]1=CC=CC1.[Cl-].[Cl-].[Cl-].[V]. The van der Waals surface area contributed by atoms with Crippen LogP contribution in [0.4, 0.5) is 0 Å². The van der Waals surface area contributed by atoms with Gasteiger partial charge in [0, 0.05) is 18.6 Å². The van der Waals surface area contributed by atoms with Crippen molar-refractivity contribution in [3.05, 3.63) is 30.2 Å². The van der Waals surface area contributed by atoms with Gasteiger partial charge in [0.05, 0.1) is 0 Å². The Kier molecular flexibility index (Phi) is 41.1. The van der Waals surface area contributed by atoms with Gasteiger partial charge in [0.1, 0.15) is 0 Å². The van der Waals surface area contributed by atoms with E-state index in [1.165, 1.54) is 6.16 Å². The topological polar surface area (TPSA) is 0 Å². The first-order chi connectivity index (χ1) is 5.63. The van der Waals surface area contributed by atoms with Gasteiger partial charge >= 0.3 is 0 Å². The summed E-state index contributed by atoms with van der Waals surface area (Å²) in [5.41, 5.74) is 0. The Morgan fingerprint density at radius 2 is 1.69 bits per heavy atom. The molecule has 99 valence electrons. The molecule has 0 fully saturated rings. The molecule has 0 bridgehead atoms. The quantitative estimate of drug-likeness (QED) is 0.348. The maximum atomic E-state index is 2.99. The van der Waals surface area contributed by atoms with Crippen LogP contribution in [-0.2, 0) is 18.6 Å². The minimum Gasteiger partial charge on any atom is -1.00 e. The monoisotopic (exact) mass is 338 g/mol. The van der Waals surface area contributed by atoms with Crippen molar-refractivity contribution in [3.8, 4) is 0 Å². The Morgan fingerprint density at radius 3 is 1.75 bits per heavy atom. The maximum absolute atomic E-state index is 2.99. The van der Waals surface area contributed by atoms with Crippen molar-refractivity contribution in [1.29, 1.82) is 0 Å². The molecule has 0 heterocycles. The summed E-state index contributed by atoms with van der Waals surface area (Å²) in [4.78, 5) is 0. The van der Waals surface area contributed by atoms with Crippen molar-refractivity contribution in [3.63, 3.8) is 0 Å². The molecule has 0 aromatic rings. The molecule has 0 aromatic carbocycles. The van der Waals surface area contributed by atoms with Crippen LogP contribution in [0.15, 0.2) is 18.2 Å². The smallest absolute Gasteiger partial charge is 0 e. The second-order valence-electron chi connectivity index (χ2n) is 3.45. The molecule has 0 saturated heterocycles. The largest absolute Gasteiger partial charge is 1.00 e. The molecule has 0 aromatic heterocycles. The van der Waals surface area contributed by atoms with Crippen LogP contribution in [0, 0.1) is 12.0 Å². The number of hydrogen-bond donors (Lipinski definition) is 0. The third-order valence-corrected chi connectivity index (χ3v) is 2.48. The Balaban J connectivity index is -0.0000000411. The molecule has 16 heavy (non-hydrogen) atoms. The third-order valence-electron chi connectivity index (χ3n) is 1.22. The molecule has 1 radical (unpaired) electrons. The molecule has 0 atom stereocenters. The second-order valence-corrected chi connectivity index (χ2v) is 5.92. The molecule has 1 aliphatic rings. The summed E-state index contributed by atoms with van der Waals surface area (Å²) in [7, 11) is 0.323. The summed E-state index contributed by atoms with van der Waals surface area (Å²) in [6.07, 6.45) is 11.3. The standard InChI is InChI=1S/C6H14P.C5H5.3ClH.V/c1-6(2)5-7(3)4;1-2-4-5-3-1;;;;/h5H2,1-4H3;1-3H,4H2;3*1H;/q2*-1;;;;/p-3. The number of rotatable bonds is 2. The van der Waals surface area contributed by atoms with Crippen LogP contribution in [0.1, 0.15) is 20.3 Å². The molecule has 1 rings (SSSR count). The van der Waals surface area contributed by atoms with Gasteiger partial charge in [-0.2, -0.15) is 26.1 Å². The summed E-state index contributed by atoms with van der Waals surface area (Å²) in [6.45, 7) is 9.01. The molecule has 0 N–H and O–H groups in total. The van der Waals surface area contributed by atoms with Crippen molar-refractivity contribution in [2.75, 3.05) is 19.5 Å². The van der Waals surface area contributed by atoms with E-state index < -0.39 is 0 Å². The van der Waals surface area contributed by atoms with Crippen molar-refractivity contribution in [2.24, 2.45) is 0 Å². The van der Waals surface area contributed by atoms with E-state index in [-0.39, 0.29) is 55.8 Å². The van der Waals surface area contributed by atoms with Crippen LogP contribution in [0.3, 0.4) is 0 Å². The minimum atomic E-state index is 0. The van der Waals surface area contributed by atoms with Gasteiger partial charge in [-0.25, -0.2) is 12.2 Å². The van der Waals surface area contributed by atoms with E-state index in [4.69, 9.17) is 0 Å². The Bertz CT molecular complexity index is 143. The molecule has 0 nitrogen and oxygen atoms in total. The van der Waals surface area contributed by atoms with Crippen molar-refractivity contribution >= 4 is 7.92 Å². The first-order valence-electron chi connectivity index (χ1n) is 4.28. The average molecular weight is 340 g/mol. The van der Waals surface area contributed by atoms with Crippen molar-refractivity contribution in [2.45, 2.75) is 20.3 Å². The fourth-order valence-electron chi connectivity index (χ4n) is 0.973. The summed E-state index contributed by atoms with van der Waals surface area (Å²) >= 11 is 0. The zero-order chi connectivity index (χ0) is 9.40. The number of allylic oxidation sites excluding steroid dienone is 4. The van der Waals surface area contributed by atoms with Crippen LogP contribution in [-0.4, -0.2) is 19.5 Å². The first-order valence-corrected chi connectivity index (χ1v) is 6.70. The fraction of sp³-hybridized carbons (Fsp3) is 0.545. The zero-order valence-corrected chi connectivity index (χ0v) is 14.7. The number of hydrogen-bond acceptors (Lipinski definition) is 0. The third kappa shape index (κ3) is 29.5. The van der Waals surface area contributed by atoms with Gasteiger partial charge < -0.3 is 43.1 Å². The normalized spacial score (nSPS) is 10.4. The van der Waals surface area contributed by atoms with E-state index in [1.807, 2.05) is 12.2 Å². The van der Waals surface area contributed by atoms with E-state index in [9.17, 15) is 0 Å². The summed E-state index contributed by atoms with van der Waals surface area (Å²) < 4.78 is 0. The van der Waals surface area contributed by atoms with E-state index >= 15 is 0 Å². The van der Waals surface area contributed by atoms with Gasteiger partial charge in [-0.15, -0.1) is 14.3 Å². The van der Waals surface area contributed by atoms with Gasteiger partial charge in [-0.05, 0) is 13.3 Å². The van der Waals surface area contributed by atoms with Crippen molar-refractivity contribution in [1.82, 2.24) is 0 Å². The molecular weight excluding hydrogens is 320 g/mol. The minimum absolute atomic E-state index is 0. The molecule has 5 heteroatoms. The average Bonchev–Trinajstić information content (AvgIpc) is 2.36. The maximum Gasteiger partial charge on any atom is 0 e. The van der Waals surface area contributed by atoms with Gasteiger partial charge in [0.15, 0.2) is 0 Å². The van der Waals surface area contributed by atoms with Gasteiger partial charge in [-0.3, -0.25) is 6.08 Å². The van der Waals surface area contributed by atoms with Crippen LogP contribution in [0.25, 0.3) is 0 Å². The predicted molar refractivity (Wildman–Crippen MR) is 59.8 cm³/mol. The van der Waals surface area contributed by atoms with E-state index in [1.54, 1.807) is 5.92 Å².